The molecule has 0 aromatic heterocycles. The fourth-order valence-corrected chi connectivity index (χ4v) is 26.8. The molecule has 0 bridgehead atoms. The average molecular weight is 1900 g/mol. The number of allylic oxidation sites excluding steroid dienone is 1. The maximum atomic E-state index is 13.2. The number of hydrogen-bond donors (Lipinski definition) is 3. The van der Waals surface area contributed by atoms with Gasteiger partial charge in [0.1, 0.15) is 5.60 Å². The third-order valence-electron chi connectivity index (χ3n) is 31.9. The van der Waals surface area contributed by atoms with E-state index in [4.69, 9.17) is 78.3 Å². The zero-order chi connectivity index (χ0) is 86.2. The first kappa shape index (κ1) is 103. The number of aliphatic hydroxyl groups excluding tert-OH is 1. The van der Waals surface area contributed by atoms with Crippen LogP contribution in [0.25, 0.3) is 6.08 Å². The fraction of sp³-hybridized carbons (Fsp3) is 0.708. The molecule has 1 saturated heterocycles. The number of methoxy groups -OCH3 is 8. The summed E-state index contributed by atoms with van der Waals surface area (Å²) < 4.78 is 49.3. The summed E-state index contributed by atoms with van der Waals surface area (Å²) in [6.45, 7) is 37.6. The van der Waals surface area contributed by atoms with Gasteiger partial charge in [0.15, 0.2) is 51.8 Å². The number of esters is 1. The molecular weight excluding hydrogens is 1750 g/mol. The van der Waals surface area contributed by atoms with Gasteiger partial charge in [-0.3, -0.25) is 9.59 Å². The second-order valence-corrected chi connectivity index (χ2v) is 67.0. The Morgan fingerprint density at radius 2 is 0.864 bits per heavy atom. The number of aliphatic hydroxyl groups is 3. The standard InChI is InChI=1S/C24H38O4.C24H36O4.C24H34O2.C16H26O2.C8H9BrO2.B.4ClH.Na.Sn.H/c2*1-22(2)11-7-12-23(3)20(22)10-13-24(4,26)21(23)15-17(25)16-8-9-18(27-5)19(14-16)28-6;1-22(2)11-7-12-24(4)20(22)10-13-23(3)17-15-19(26-6)18(25-5)14-16(17)8-9-21(23)24;1-14(2)7-5-8-15(3)11(14)6-9-16(4)12(15)10-13(17)18-16;1-10-7-4-3-6(9)5-8(7)11-2;;;;;;;;/h8-9,14,17,20-21,25-26H,7,10-13,15H2,1-6H3;8-9,14,20-21,26H,7,10-13,15H2,1-6H3;8-9,14-15,20-21H,7,10-13H2,1-6H3;11-12H,5-10H2,1-4H3;3-5H,1-2H3;;4*1H;;;/q;;;;;;;;;;+1;+4;-1/p-4/t17?,20?,21-,23+,24-;20?,21-,23+,24-;20?,21?,23-,24-;11?,12-,15+,16-;;;;;;;;;/m1101........./s1. The van der Waals surface area contributed by atoms with Crippen LogP contribution in [0.15, 0.2) is 77.3 Å². The number of carbonyl (C=O) groups excluding carboxylic acids is 2. The van der Waals surface area contributed by atoms with Gasteiger partial charge >= 0.3 is 85.1 Å². The van der Waals surface area contributed by atoms with E-state index in [1.807, 2.05) is 50.2 Å². The summed E-state index contributed by atoms with van der Waals surface area (Å²) in [5.41, 5.74) is 4.78. The second kappa shape index (κ2) is 39.8. The Balaban J connectivity index is 0.000000231. The van der Waals surface area contributed by atoms with E-state index in [9.17, 15) is 24.9 Å². The topological polar surface area (TPSA) is 178 Å². The van der Waals surface area contributed by atoms with E-state index in [0.717, 1.165) is 96.2 Å². The van der Waals surface area contributed by atoms with Crippen molar-refractivity contribution in [1.82, 2.24) is 0 Å². The van der Waals surface area contributed by atoms with Crippen molar-refractivity contribution < 1.29 is 98.5 Å². The maximum absolute atomic E-state index is 13.2. The van der Waals surface area contributed by atoms with Crippen molar-refractivity contribution in [3.8, 4) is 46.0 Å². The van der Waals surface area contributed by atoms with Gasteiger partial charge < -0.3 is 59.4 Å². The SMILES string of the molecule is CC1(C)CCC[C@@]2(C)C1CC[C@@]1(C)OC(=O)C[C@@H]12.COc1cc2c(cc1OC)[C@]1(C)CCC3C(C)(C)CCC[C@]3(C)C1C=C2.COc1ccc(Br)cc1OC.COc1ccc(C(=O)C[C@@H]2[C@@]3(C)CCCC(C)(C)C3CC[C@@]2(C)O)cc1OC.COc1ccc(C(O)C[C@@H]2[C@@]3(C)CCCC(C)(C)C3CC[C@@]2(C)O)cc1OC.[B].[Cl][Sn]([Cl])([Cl])[Cl].[H-].[Na+]. The first-order valence-electron chi connectivity index (χ1n) is 42.8. The molecule has 118 heavy (non-hydrogen) atoms. The monoisotopic (exact) mass is 1890 g/mol. The van der Waals surface area contributed by atoms with Gasteiger partial charge in [0.05, 0.1) is 80.6 Å². The van der Waals surface area contributed by atoms with E-state index >= 15 is 0 Å². The van der Waals surface area contributed by atoms with Gasteiger partial charge in [0, 0.05) is 42.1 Å². The number of benzene rings is 4. The molecule has 14 rings (SSSR count). The molecule has 9 fully saturated rings. The molecule has 17 atom stereocenters. The normalized spacial score (nSPS) is 33.9. The molecule has 6 unspecified atom stereocenters. The predicted octanol–water partition coefficient (Wildman–Crippen LogP) is 22.1. The number of rotatable bonds is 14. The number of fused-ring (bicyclic) bond motifs is 10. The van der Waals surface area contributed by atoms with E-state index in [1.165, 1.54) is 88.2 Å². The molecule has 9 aliphatic carbocycles. The van der Waals surface area contributed by atoms with Gasteiger partial charge in [-0.2, -0.15) is 0 Å². The Labute approximate surface area is 763 Å². The van der Waals surface area contributed by atoms with Gasteiger partial charge in [0.25, 0.3) is 0 Å². The van der Waals surface area contributed by atoms with Gasteiger partial charge in [-0.15, -0.1) is 0 Å². The number of ketones is 1. The van der Waals surface area contributed by atoms with Crippen molar-refractivity contribution in [2.45, 2.75) is 287 Å². The minimum absolute atomic E-state index is 0. The first-order chi connectivity index (χ1) is 53.9. The van der Waals surface area contributed by atoms with Crippen molar-refractivity contribution in [2.24, 2.45) is 90.7 Å². The van der Waals surface area contributed by atoms with Crippen LogP contribution in [0.1, 0.15) is 293 Å². The largest absolute Gasteiger partial charge is 1.00 e. The molecular formula is C96H144BBrCl4NaO14Sn. The molecule has 14 nitrogen and oxygen atoms in total. The van der Waals surface area contributed by atoms with E-state index in [-0.39, 0.29) is 95.7 Å². The molecule has 655 valence electrons. The van der Waals surface area contributed by atoms with Crippen LogP contribution in [-0.4, -0.2) is 123 Å². The second-order valence-electron chi connectivity index (χ2n) is 40.7. The van der Waals surface area contributed by atoms with Crippen molar-refractivity contribution in [3.63, 3.8) is 0 Å². The minimum Gasteiger partial charge on any atom is -1.00 e. The Morgan fingerprint density at radius 3 is 1.36 bits per heavy atom. The molecule has 4 aromatic rings. The Hall–Kier alpha value is -2.46. The fourth-order valence-electron chi connectivity index (χ4n) is 26.5. The molecule has 3 radical (unpaired) electrons. The summed E-state index contributed by atoms with van der Waals surface area (Å²) in [6.07, 6.45) is 29.4. The van der Waals surface area contributed by atoms with Crippen LogP contribution in [0.3, 0.4) is 0 Å². The quantitative estimate of drug-likeness (QED) is 0.0617. The molecule has 1 aliphatic heterocycles. The molecule has 10 aliphatic rings. The van der Waals surface area contributed by atoms with Crippen molar-refractivity contribution in [1.29, 1.82) is 0 Å². The maximum Gasteiger partial charge on any atom is 1.00 e. The van der Waals surface area contributed by atoms with Gasteiger partial charge in [-0.1, -0.05) is 150 Å². The Kier molecular flexibility index (Phi) is 34.6. The van der Waals surface area contributed by atoms with Crippen LogP contribution in [-0.2, 0) is 14.9 Å². The number of Topliss-reactive ketones (excluding diaryl/α,β-unsaturated/α-hetero) is 1. The Morgan fingerprint density at radius 1 is 0.483 bits per heavy atom. The van der Waals surface area contributed by atoms with Gasteiger partial charge in [-0.25, -0.2) is 0 Å². The van der Waals surface area contributed by atoms with Gasteiger partial charge in [0.2, 0.25) is 0 Å². The smallest absolute Gasteiger partial charge is 1.00 e. The number of carbonyl (C=O) groups is 2. The molecule has 4 aromatic carbocycles. The van der Waals surface area contributed by atoms with Crippen molar-refractivity contribution >= 4 is 91.7 Å². The van der Waals surface area contributed by atoms with E-state index in [2.05, 4.69) is 137 Å². The summed E-state index contributed by atoms with van der Waals surface area (Å²) in [5.74, 6) is 9.47. The summed E-state index contributed by atoms with van der Waals surface area (Å²) in [7, 11) is 33.2. The molecule has 22 heteroatoms. The van der Waals surface area contributed by atoms with Crippen LogP contribution < -0.4 is 67.5 Å². The zero-order valence-electron chi connectivity index (χ0n) is 77.3. The summed E-state index contributed by atoms with van der Waals surface area (Å²) in [5, 5.41) is 33.7. The van der Waals surface area contributed by atoms with Crippen molar-refractivity contribution in [3.05, 3.63) is 99.5 Å². The third-order valence-corrected chi connectivity index (χ3v) is 32.4. The molecule has 0 amide bonds. The molecule has 1 heterocycles. The summed E-state index contributed by atoms with van der Waals surface area (Å²) in [4.78, 5) is 25.0. The zero-order valence-corrected chi connectivity index (χ0v) is 85.7. The number of ether oxygens (including phenoxy) is 9. The summed E-state index contributed by atoms with van der Waals surface area (Å²) in [6, 6.07) is 20.9. The predicted molar refractivity (Wildman–Crippen MR) is 485 cm³/mol. The molecule has 3 N–H and O–H groups in total. The Bertz CT molecular complexity index is 4100. The number of halogens is 5. The van der Waals surface area contributed by atoms with E-state index in [0.29, 0.717) is 93.2 Å². The van der Waals surface area contributed by atoms with Crippen LogP contribution in [0.5, 0.6) is 46.0 Å². The summed E-state index contributed by atoms with van der Waals surface area (Å²) >= 11 is 0.0396. The first-order valence-corrected chi connectivity index (χ1v) is 58.1. The van der Waals surface area contributed by atoms with Crippen LogP contribution in [0.2, 0.25) is 0 Å². The van der Waals surface area contributed by atoms with E-state index in [1.54, 1.807) is 75.1 Å². The van der Waals surface area contributed by atoms with Crippen LogP contribution >= 0.6 is 51.6 Å². The van der Waals surface area contributed by atoms with Crippen LogP contribution in [0.4, 0.5) is 0 Å². The molecule has 8 saturated carbocycles. The third kappa shape index (κ3) is 21.9. The average Bonchev–Trinajstić information content (AvgIpc) is 1.24. The minimum atomic E-state index is -3.29. The number of hydrogen-bond acceptors (Lipinski definition) is 14. The van der Waals surface area contributed by atoms with Crippen LogP contribution in [0, 0.1) is 90.7 Å². The molecule has 0 spiro atoms. The van der Waals surface area contributed by atoms with E-state index < -0.39 is 31.2 Å². The van der Waals surface area contributed by atoms with Gasteiger partial charge in [-0.05, 0) is 286 Å². The van der Waals surface area contributed by atoms with Crippen molar-refractivity contribution in [2.75, 3.05) is 56.9 Å².